The number of hydrogen-bond acceptors (Lipinski definition) is 7. The van der Waals surface area contributed by atoms with Crippen LogP contribution in [0.15, 0.2) is 57.8 Å². The standard InChI is InChI=1S/C23H19ClF4N4O5S2/c1-11-6-14(30-22(35)31-39(36,37)19-5-4-17(24)38-19)9-16(25)20(11)32-18(33)8-12-7-13(29-10-23(26,27)28)2-3-15(12)21(32)34/h2-5,7,9,11,29H,6,8,10H2,1H3,(H2,30,31,35). The SMILES string of the molecule is CC1CC(NC(=O)NS(=O)(=O)c2ccc(Cl)s2)=CC(F)=C1N1C(=O)Cc2cc(NCC(F)(F)F)ccc2C1=O. The molecule has 208 valence electrons. The number of hydrogen-bond donors (Lipinski definition) is 3. The molecule has 0 radical (unpaired) electrons. The van der Waals surface area contributed by atoms with Crippen molar-refractivity contribution in [3.05, 3.63) is 69.1 Å². The van der Waals surface area contributed by atoms with Crippen LogP contribution in [-0.2, 0) is 21.2 Å². The second-order valence-corrected chi connectivity index (χ2v) is 12.3. The fourth-order valence-electron chi connectivity index (χ4n) is 4.13. The van der Waals surface area contributed by atoms with Gasteiger partial charge in [0.1, 0.15) is 16.6 Å². The van der Waals surface area contributed by atoms with E-state index in [-0.39, 0.29) is 49.6 Å². The molecule has 0 bridgehead atoms. The fraction of sp³-hybridized carbons (Fsp3) is 0.261. The predicted molar refractivity (Wildman–Crippen MR) is 134 cm³/mol. The van der Waals surface area contributed by atoms with Crippen molar-refractivity contribution in [3.63, 3.8) is 0 Å². The van der Waals surface area contributed by atoms with Gasteiger partial charge in [0.05, 0.1) is 16.5 Å². The number of rotatable bonds is 6. The minimum Gasteiger partial charge on any atom is -0.376 e. The number of benzene rings is 1. The number of sulfonamides is 1. The van der Waals surface area contributed by atoms with Crippen LogP contribution >= 0.6 is 22.9 Å². The van der Waals surface area contributed by atoms with Crippen LogP contribution in [0.4, 0.5) is 28.0 Å². The van der Waals surface area contributed by atoms with Crippen molar-refractivity contribution in [3.8, 4) is 0 Å². The molecule has 4 rings (SSSR count). The van der Waals surface area contributed by atoms with Gasteiger partial charge in [-0.05, 0) is 48.4 Å². The summed E-state index contributed by atoms with van der Waals surface area (Å²) in [6, 6.07) is 5.19. The van der Waals surface area contributed by atoms with Gasteiger partial charge in [-0.3, -0.25) is 9.59 Å². The van der Waals surface area contributed by atoms with Crippen molar-refractivity contribution < 1.29 is 40.4 Å². The van der Waals surface area contributed by atoms with Crippen molar-refractivity contribution in [2.24, 2.45) is 5.92 Å². The molecule has 16 heteroatoms. The van der Waals surface area contributed by atoms with E-state index in [9.17, 15) is 36.0 Å². The number of fused-ring (bicyclic) bond motifs is 1. The Bertz CT molecular complexity index is 1530. The van der Waals surface area contributed by atoms with Crippen LogP contribution < -0.4 is 15.4 Å². The van der Waals surface area contributed by atoms with Crippen LogP contribution in [0.25, 0.3) is 0 Å². The lowest BCUT2D eigenvalue weighted by atomic mass is 9.91. The number of alkyl halides is 3. The first-order valence-corrected chi connectivity index (χ1v) is 13.8. The van der Waals surface area contributed by atoms with Crippen LogP contribution in [0.1, 0.15) is 29.3 Å². The number of allylic oxidation sites excluding steroid dienone is 4. The molecule has 39 heavy (non-hydrogen) atoms. The predicted octanol–water partition coefficient (Wildman–Crippen LogP) is 4.69. The zero-order chi connectivity index (χ0) is 28.7. The van der Waals surface area contributed by atoms with Gasteiger partial charge in [-0.2, -0.15) is 13.2 Å². The quantitative estimate of drug-likeness (QED) is 0.324. The zero-order valence-electron chi connectivity index (χ0n) is 19.9. The second kappa shape index (κ2) is 10.6. The van der Waals surface area contributed by atoms with Crippen molar-refractivity contribution in [2.45, 2.75) is 30.2 Å². The van der Waals surface area contributed by atoms with E-state index in [4.69, 9.17) is 11.6 Å². The molecule has 1 atom stereocenters. The van der Waals surface area contributed by atoms with Gasteiger partial charge in [0, 0.05) is 22.9 Å². The number of amides is 4. The minimum absolute atomic E-state index is 0.00153. The molecule has 2 aromatic rings. The number of thiophene rings is 1. The Morgan fingerprint density at radius 1 is 1.21 bits per heavy atom. The average molecular weight is 607 g/mol. The van der Waals surface area contributed by atoms with Gasteiger partial charge in [-0.15, -0.1) is 11.3 Å². The molecule has 0 spiro atoms. The minimum atomic E-state index is -4.46. The Kier molecular flexibility index (Phi) is 7.78. The Balaban J connectivity index is 1.51. The molecule has 1 aliphatic carbocycles. The molecule has 3 N–H and O–H groups in total. The van der Waals surface area contributed by atoms with Gasteiger partial charge in [0.15, 0.2) is 0 Å². The van der Waals surface area contributed by atoms with Crippen LogP contribution in [0, 0.1) is 5.92 Å². The molecule has 0 saturated heterocycles. The van der Waals surface area contributed by atoms with Gasteiger partial charge in [-0.1, -0.05) is 18.5 Å². The highest BCUT2D eigenvalue weighted by Crippen LogP contribution is 2.36. The van der Waals surface area contributed by atoms with Crippen molar-refractivity contribution in [1.29, 1.82) is 0 Å². The molecular formula is C23H19ClF4N4O5S2. The monoisotopic (exact) mass is 606 g/mol. The lowest BCUT2D eigenvalue weighted by Gasteiger charge is -2.34. The van der Waals surface area contributed by atoms with Crippen LogP contribution in [-0.4, -0.2) is 43.9 Å². The van der Waals surface area contributed by atoms with Crippen molar-refractivity contribution >= 4 is 56.5 Å². The number of nitrogens with one attached hydrogen (secondary N) is 3. The number of nitrogens with zero attached hydrogens (tertiary/aromatic N) is 1. The summed E-state index contributed by atoms with van der Waals surface area (Å²) in [5.74, 6) is -3.41. The van der Waals surface area contributed by atoms with Gasteiger partial charge in [0.25, 0.3) is 15.9 Å². The number of urea groups is 1. The smallest absolute Gasteiger partial charge is 0.376 e. The maximum Gasteiger partial charge on any atom is 0.405 e. The second-order valence-electron chi connectivity index (χ2n) is 8.68. The van der Waals surface area contributed by atoms with E-state index in [0.717, 1.165) is 17.4 Å². The van der Waals surface area contributed by atoms with E-state index >= 15 is 4.39 Å². The molecule has 2 aliphatic rings. The zero-order valence-corrected chi connectivity index (χ0v) is 22.2. The highest BCUT2D eigenvalue weighted by molar-refractivity contribution is 7.92. The van der Waals surface area contributed by atoms with Gasteiger partial charge in [0.2, 0.25) is 5.91 Å². The number of imide groups is 1. The number of carbonyl (C=O) groups excluding carboxylic acids is 3. The number of carbonyl (C=O) groups is 3. The number of anilines is 1. The lowest BCUT2D eigenvalue weighted by molar-refractivity contribution is -0.127. The normalized spacial score (nSPS) is 18.1. The van der Waals surface area contributed by atoms with E-state index in [1.807, 2.05) is 0 Å². The van der Waals surface area contributed by atoms with Crippen molar-refractivity contribution in [2.75, 3.05) is 11.9 Å². The van der Waals surface area contributed by atoms with E-state index in [0.29, 0.717) is 4.90 Å². The third kappa shape index (κ3) is 6.42. The largest absolute Gasteiger partial charge is 0.405 e. The van der Waals surface area contributed by atoms with Crippen LogP contribution in [0.2, 0.25) is 4.34 Å². The third-order valence-electron chi connectivity index (χ3n) is 5.72. The molecule has 1 unspecified atom stereocenters. The van der Waals surface area contributed by atoms with Gasteiger partial charge in [-0.25, -0.2) is 27.2 Å². The van der Waals surface area contributed by atoms with E-state index in [1.165, 1.54) is 37.3 Å². The summed E-state index contributed by atoms with van der Waals surface area (Å²) in [7, 11) is -4.22. The molecule has 1 aliphatic heterocycles. The first-order chi connectivity index (χ1) is 18.1. The maximum atomic E-state index is 15.2. The van der Waals surface area contributed by atoms with E-state index < -0.39 is 52.3 Å². The fourth-order valence-corrected chi connectivity index (χ4v) is 6.52. The third-order valence-corrected chi connectivity index (χ3v) is 8.77. The highest BCUT2D eigenvalue weighted by atomic mass is 35.5. The first-order valence-electron chi connectivity index (χ1n) is 11.1. The molecule has 2 heterocycles. The highest BCUT2D eigenvalue weighted by Gasteiger charge is 2.38. The number of halogens is 5. The first kappa shape index (κ1) is 28.6. The Morgan fingerprint density at radius 2 is 1.92 bits per heavy atom. The molecule has 1 aromatic heterocycles. The molecular weight excluding hydrogens is 588 g/mol. The van der Waals surface area contributed by atoms with Gasteiger partial charge < -0.3 is 10.6 Å². The summed E-state index contributed by atoms with van der Waals surface area (Å²) in [6.45, 7) is 0.205. The summed E-state index contributed by atoms with van der Waals surface area (Å²) in [5, 5.41) is 4.43. The lowest BCUT2D eigenvalue weighted by Crippen LogP contribution is -2.45. The molecule has 4 amide bonds. The Labute approximate surface area is 228 Å². The molecule has 9 nitrogen and oxygen atoms in total. The van der Waals surface area contributed by atoms with Gasteiger partial charge >= 0.3 is 12.2 Å². The molecule has 0 saturated carbocycles. The van der Waals surface area contributed by atoms with Crippen molar-refractivity contribution in [1.82, 2.24) is 14.9 Å². The van der Waals surface area contributed by atoms with E-state index in [1.54, 1.807) is 4.72 Å². The summed E-state index contributed by atoms with van der Waals surface area (Å²) < 4.78 is 79.1. The average Bonchev–Trinajstić information content (AvgIpc) is 3.25. The Morgan fingerprint density at radius 3 is 2.54 bits per heavy atom. The summed E-state index contributed by atoms with van der Waals surface area (Å²) in [5.41, 5.74) is 0.0456. The van der Waals surface area contributed by atoms with Crippen LogP contribution in [0.3, 0.4) is 0 Å². The topological polar surface area (TPSA) is 125 Å². The van der Waals surface area contributed by atoms with Crippen LogP contribution in [0.5, 0.6) is 0 Å². The Hall–Kier alpha value is -3.43. The maximum absolute atomic E-state index is 15.2. The molecule has 1 aromatic carbocycles. The molecule has 0 fully saturated rings. The summed E-state index contributed by atoms with van der Waals surface area (Å²) in [4.78, 5) is 39.0. The summed E-state index contributed by atoms with van der Waals surface area (Å²) in [6.07, 6.45) is -3.99. The summed E-state index contributed by atoms with van der Waals surface area (Å²) >= 11 is 6.46. The van der Waals surface area contributed by atoms with E-state index in [2.05, 4.69) is 10.6 Å².